The molecule has 1 aromatic heterocycles. The highest BCUT2D eigenvalue weighted by molar-refractivity contribution is 5.94. The molecular formula is C19H22FN3O2. The highest BCUT2D eigenvalue weighted by atomic mass is 19.1. The first-order chi connectivity index (χ1) is 12.1. The van der Waals surface area contributed by atoms with Crippen LogP contribution in [0, 0.1) is 11.7 Å². The summed E-state index contributed by atoms with van der Waals surface area (Å²) < 4.78 is 13.4. The van der Waals surface area contributed by atoms with Crippen LogP contribution in [-0.4, -0.2) is 47.1 Å². The molecule has 2 heterocycles. The summed E-state index contributed by atoms with van der Waals surface area (Å²) in [5.41, 5.74) is 1.40. The number of rotatable bonds is 4. The van der Waals surface area contributed by atoms with E-state index in [0.29, 0.717) is 37.3 Å². The minimum Gasteiger partial charge on any atom is -0.393 e. The van der Waals surface area contributed by atoms with Crippen LogP contribution >= 0.6 is 0 Å². The predicted molar refractivity (Wildman–Crippen MR) is 93.9 cm³/mol. The quantitative estimate of drug-likeness (QED) is 0.894. The molecule has 2 atom stereocenters. The monoisotopic (exact) mass is 343 g/mol. The number of aliphatic hydroxyl groups excluding tert-OH is 1. The summed E-state index contributed by atoms with van der Waals surface area (Å²) in [5, 5.41) is 13.2. The van der Waals surface area contributed by atoms with Gasteiger partial charge in [-0.15, -0.1) is 0 Å². The SMILES string of the molecule is CNc1cc(C(=O)N2CC[C@H](O)[C@H](Cc3cccc(F)c3)C2)ccn1. The zero-order valence-corrected chi connectivity index (χ0v) is 14.2. The van der Waals surface area contributed by atoms with Gasteiger partial charge in [0.1, 0.15) is 11.6 Å². The second-order valence-electron chi connectivity index (χ2n) is 6.38. The van der Waals surface area contributed by atoms with E-state index in [1.807, 2.05) is 6.07 Å². The van der Waals surface area contributed by atoms with Gasteiger partial charge in [-0.05, 0) is 42.7 Å². The van der Waals surface area contributed by atoms with E-state index in [1.54, 1.807) is 36.3 Å². The molecule has 0 saturated carbocycles. The first-order valence-electron chi connectivity index (χ1n) is 8.42. The first kappa shape index (κ1) is 17.4. The molecule has 1 saturated heterocycles. The van der Waals surface area contributed by atoms with E-state index in [2.05, 4.69) is 10.3 Å². The number of likely N-dealkylation sites (tertiary alicyclic amines) is 1. The number of amides is 1. The molecule has 0 spiro atoms. The number of hydrogen-bond acceptors (Lipinski definition) is 4. The standard InChI is InChI=1S/C19H22FN3O2/c1-21-18-11-14(5-7-22-18)19(25)23-8-6-17(24)15(12-23)9-13-3-2-4-16(20)10-13/h2-5,7,10-11,15,17,24H,6,8-9,12H2,1H3,(H,21,22)/t15-,17+/m1/s1. The number of hydrogen-bond donors (Lipinski definition) is 2. The van der Waals surface area contributed by atoms with Crippen molar-refractivity contribution in [2.24, 2.45) is 5.92 Å². The summed E-state index contributed by atoms with van der Waals surface area (Å²) in [6.45, 7) is 0.963. The fourth-order valence-electron chi connectivity index (χ4n) is 3.25. The largest absolute Gasteiger partial charge is 0.393 e. The van der Waals surface area contributed by atoms with E-state index in [-0.39, 0.29) is 17.6 Å². The summed E-state index contributed by atoms with van der Waals surface area (Å²) in [6, 6.07) is 9.80. The molecular weight excluding hydrogens is 321 g/mol. The lowest BCUT2D eigenvalue weighted by Gasteiger charge is -2.36. The van der Waals surface area contributed by atoms with Crippen molar-refractivity contribution in [3.8, 4) is 0 Å². The number of aliphatic hydroxyl groups is 1. The normalized spacial score (nSPS) is 20.4. The molecule has 1 fully saturated rings. The van der Waals surface area contributed by atoms with Crippen LogP contribution in [0.15, 0.2) is 42.6 Å². The lowest BCUT2D eigenvalue weighted by atomic mass is 9.88. The Balaban J connectivity index is 1.72. The number of carbonyl (C=O) groups excluding carboxylic acids is 1. The third-order valence-electron chi connectivity index (χ3n) is 4.63. The smallest absolute Gasteiger partial charge is 0.254 e. The Hall–Kier alpha value is -2.47. The second-order valence-corrected chi connectivity index (χ2v) is 6.38. The van der Waals surface area contributed by atoms with Gasteiger partial charge >= 0.3 is 0 Å². The minimum atomic E-state index is -0.488. The topological polar surface area (TPSA) is 65.5 Å². The third kappa shape index (κ3) is 4.14. The maximum atomic E-state index is 13.4. The predicted octanol–water partition coefficient (Wildman–Crippen LogP) is 2.33. The Morgan fingerprint density at radius 2 is 2.24 bits per heavy atom. The molecule has 25 heavy (non-hydrogen) atoms. The number of aromatic nitrogens is 1. The van der Waals surface area contributed by atoms with Crippen LogP contribution in [-0.2, 0) is 6.42 Å². The summed E-state index contributed by atoms with van der Waals surface area (Å²) in [6.07, 6.45) is 2.18. The number of halogens is 1. The molecule has 3 rings (SSSR count). The third-order valence-corrected chi connectivity index (χ3v) is 4.63. The van der Waals surface area contributed by atoms with Gasteiger partial charge in [-0.25, -0.2) is 9.37 Å². The number of pyridine rings is 1. The maximum Gasteiger partial charge on any atom is 0.254 e. The van der Waals surface area contributed by atoms with Gasteiger partial charge < -0.3 is 15.3 Å². The van der Waals surface area contributed by atoms with Crippen LogP contribution in [0.4, 0.5) is 10.2 Å². The van der Waals surface area contributed by atoms with Gasteiger partial charge in [0.05, 0.1) is 6.10 Å². The lowest BCUT2D eigenvalue weighted by Crippen LogP contribution is -2.46. The molecule has 2 N–H and O–H groups in total. The first-order valence-corrected chi connectivity index (χ1v) is 8.42. The van der Waals surface area contributed by atoms with E-state index in [9.17, 15) is 14.3 Å². The van der Waals surface area contributed by atoms with Crippen LogP contribution in [0.1, 0.15) is 22.3 Å². The Morgan fingerprint density at radius 1 is 1.40 bits per heavy atom. The number of piperidine rings is 1. The molecule has 0 bridgehead atoms. The molecule has 132 valence electrons. The van der Waals surface area contributed by atoms with E-state index >= 15 is 0 Å². The second kappa shape index (κ2) is 7.61. The molecule has 0 aliphatic carbocycles. The van der Waals surface area contributed by atoms with Crippen molar-refractivity contribution < 1.29 is 14.3 Å². The van der Waals surface area contributed by atoms with E-state index in [4.69, 9.17) is 0 Å². The zero-order chi connectivity index (χ0) is 17.8. The molecule has 0 radical (unpaired) electrons. The van der Waals surface area contributed by atoms with Gasteiger partial charge in [-0.3, -0.25) is 4.79 Å². The average Bonchev–Trinajstić information content (AvgIpc) is 2.63. The van der Waals surface area contributed by atoms with Crippen molar-refractivity contribution in [3.05, 3.63) is 59.5 Å². The molecule has 1 amide bonds. The van der Waals surface area contributed by atoms with Gasteiger partial charge in [0.25, 0.3) is 5.91 Å². The van der Waals surface area contributed by atoms with Crippen LogP contribution in [0.25, 0.3) is 0 Å². The van der Waals surface area contributed by atoms with Crippen LogP contribution in [0.2, 0.25) is 0 Å². The summed E-state index contributed by atoms with van der Waals surface area (Å²) >= 11 is 0. The molecule has 5 nitrogen and oxygen atoms in total. The number of anilines is 1. The summed E-state index contributed by atoms with van der Waals surface area (Å²) in [4.78, 5) is 18.6. The van der Waals surface area contributed by atoms with Gasteiger partial charge in [-0.1, -0.05) is 12.1 Å². The fourth-order valence-corrected chi connectivity index (χ4v) is 3.25. The van der Waals surface area contributed by atoms with Crippen LogP contribution < -0.4 is 5.32 Å². The molecule has 2 aromatic rings. The van der Waals surface area contributed by atoms with Gasteiger partial charge in [-0.2, -0.15) is 0 Å². The van der Waals surface area contributed by atoms with Gasteiger partial charge in [0.15, 0.2) is 0 Å². The number of carbonyl (C=O) groups is 1. The van der Waals surface area contributed by atoms with E-state index in [1.165, 1.54) is 12.1 Å². The van der Waals surface area contributed by atoms with Crippen LogP contribution in [0.3, 0.4) is 0 Å². The molecule has 1 aliphatic rings. The fraction of sp³-hybridized carbons (Fsp3) is 0.368. The summed E-state index contributed by atoms with van der Waals surface area (Å²) in [7, 11) is 1.75. The van der Waals surface area contributed by atoms with Crippen molar-refractivity contribution >= 4 is 11.7 Å². The van der Waals surface area contributed by atoms with Crippen molar-refractivity contribution in [2.75, 3.05) is 25.5 Å². The molecule has 1 aliphatic heterocycles. The van der Waals surface area contributed by atoms with E-state index in [0.717, 1.165) is 5.56 Å². The molecule has 6 heteroatoms. The van der Waals surface area contributed by atoms with Crippen molar-refractivity contribution in [3.63, 3.8) is 0 Å². The maximum absolute atomic E-state index is 13.4. The minimum absolute atomic E-state index is 0.0740. The van der Waals surface area contributed by atoms with Gasteiger partial charge in [0, 0.05) is 37.8 Å². The zero-order valence-electron chi connectivity index (χ0n) is 14.2. The highest BCUT2D eigenvalue weighted by Crippen LogP contribution is 2.23. The highest BCUT2D eigenvalue weighted by Gasteiger charge is 2.31. The number of nitrogens with zero attached hydrogens (tertiary/aromatic N) is 2. The number of nitrogens with one attached hydrogen (secondary N) is 1. The summed E-state index contributed by atoms with van der Waals surface area (Å²) in [5.74, 6) is 0.173. The van der Waals surface area contributed by atoms with Gasteiger partial charge in [0.2, 0.25) is 0 Å². The van der Waals surface area contributed by atoms with Crippen molar-refractivity contribution in [1.82, 2.24) is 9.88 Å². The Bertz CT molecular complexity index is 753. The Labute approximate surface area is 146 Å². The van der Waals surface area contributed by atoms with Crippen molar-refractivity contribution in [2.45, 2.75) is 18.9 Å². The van der Waals surface area contributed by atoms with Crippen LogP contribution in [0.5, 0.6) is 0 Å². The lowest BCUT2D eigenvalue weighted by molar-refractivity contribution is 0.0241. The molecule has 0 unspecified atom stereocenters. The Kier molecular flexibility index (Phi) is 5.28. The molecule has 1 aromatic carbocycles. The Morgan fingerprint density at radius 3 is 3.00 bits per heavy atom. The number of benzene rings is 1. The average molecular weight is 343 g/mol. The van der Waals surface area contributed by atoms with E-state index < -0.39 is 6.10 Å². The van der Waals surface area contributed by atoms with Crippen molar-refractivity contribution in [1.29, 1.82) is 0 Å².